The molecule has 0 unspecified atom stereocenters. The quantitative estimate of drug-likeness (QED) is 0.134. The van der Waals surface area contributed by atoms with Crippen molar-refractivity contribution in [1.29, 1.82) is 0 Å². The number of carboxylic acids is 4. The zero-order chi connectivity index (χ0) is 32.6. The van der Waals surface area contributed by atoms with Crippen molar-refractivity contribution in [1.82, 2.24) is 6.15 Å². The van der Waals surface area contributed by atoms with Gasteiger partial charge in [-0.25, -0.2) is 4.79 Å². The van der Waals surface area contributed by atoms with Crippen molar-refractivity contribution in [2.45, 2.75) is 51.1 Å². The normalized spacial score (nSPS) is 9.22. The molecule has 0 heterocycles. The number of aromatic carboxylic acids is 2. The molecule has 0 aliphatic heterocycles. The molecule has 13 N–H and O–H groups in total. The average Bonchev–Trinajstić information content (AvgIpc) is 2.97. The van der Waals surface area contributed by atoms with Crippen LogP contribution in [0.4, 0.5) is 0 Å². The first-order chi connectivity index (χ1) is 19.4. The number of nitrogens with two attached hydrogens (primary N) is 2. The molecule has 0 bridgehead atoms. The van der Waals surface area contributed by atoms with Crippen LogP contribution in [0, 0.1) is 7.43 Å². The molecule has 20 heteroatoms. The van der Waals surface area contributed by atoms with E-state index < -0.39 is 36.0 Å². The first-order valence-corrected chi connectivity index (χ1v) is 30.6. The fourth-order valence-corrected chi connectivity index (χ4v) is 2.19. The minimum absolute atomic E-state index is 0. The summed E-state index contributed by atoms with van der Waals surface area (Å²) in [7, 11) is 0. The second-order valence-electron chi connectivity index (χ2n) is 7.41. The summed E-state index contributed by atoms with van der Waals surface area (Å²) in [5.74, 6) is -3.84. The van der Waals surface area contributed by atoms with Crippen molar-refractivity contribution < 1.29 is 124 Å². The Morgan fingerprint density at radius 2 is 1.11 bits per heavy atom. The molecule has 0 aliphatic rings. The van der Waals surface area contributed by atoms with Gasteiger partial charge in [-0.15, -0.1) is 24.0 Å². The minimum Gasteiger partial charge on any atom is -0.545 e. The molecule has 2 rings (SSSR count). The van der Waals surface area contributed by atoms with Crippen molar-refractivity contribution in [3.63, 3.8) is 0 Å². The molecular formula is C26H44I6N4O8Y2-2. The number of benzene rings is 2. The summed E-state index contributed by atoms with van der Waals surface area (Å²) in [6.07, 6.45) is 3.80. The fraction of sp³-hybridized carbons (Fsp3) is 0.346. The van der Waals surface area contributed by atoms with Gasteiger partial charge < -0.3 is 56.0 Å². The topological polar surface area (TPSA) is 267 Å². The Kier molecular flexibility index (Phi) is 83.4. The van der Waals surface area contributed by atoms with E-state index in [1.807, 2.05) is 6.92 Å². The van der Waals surface area contributed by atoms with E-state index in [2.05, 4.69) is 80.2 Å². The van der Waals surface area contributed by atoms with E-state index in [4.69, 9.17) is 26.8 Å². The van der Waals surface area contributed by atoms with Gasteiger partial charge in [-0.3, -0.25) is 9.59 Å². The summed E-state index contributed by atoms with van der Waals surface area (Å²) in [5.41, 5.74) is 14.5. The number of unbranched alkanes of at least 4 members (excludes halogenated alkanes) is 1. The third-order valence-electron chi connectivity index (χ3n) is 4.30. The molecule has 266 valence electrons. The van der Waals surface area contributed by atoms with Gasteiger partial charge in [0.05, 0.1) is 18.1 Å². The summed E-state index contributed by atoms with van der Waals surface area (Å²) in [4.78, 5) is 40.4. The standard InChI is InChI=1S/2C7H6O2.C6H13NO2.C5H12N2O2.CH3.I3.I2.HI.H3N.2Y/c2*8-7(9)6-4-2-1-3-5-6;1-2-3-4-5(7)6(8)9;6-3-1-2-4(7)5(8)9;;1-3-2;1-2;;;;/h2*1-5H,(H,8,9);5H,2-4,7H2,1H3,(H,8,9);4H,1-3,6-7H2,(H,8,9);1H3;;;1H;1H3;;/q;;;;2*-1;;;;;/t;;5-;4-;;;;;;;/m..00......./s1. The van der Waals surface area contributed by atoms with Gasteiger partial charge in [-0.2, -0.15) is 0 Å². The van der Waals surface area contributed by atoms with Crippen molar-refractivity contribution in [3.8, 4) is 0 Å². The third kappa shape index (κ3) is 53.5. The predicted octanol–water partition coefficient (Wildman–Crippen LogP) is 2.22. The average molecular weight is 1480 g/mol. The van der Waals surface area contributed by atoms with Crippen LogP contribution in [0.3, 0.4) is 0 Å². The minimum atomic E-state index is -1.13. The summed E-state index contributed by atoms with van der Waals surface area (Å²) in [5, 5.41) is 35.0. The number of halogens is 6. The molecule has 0 amide bonds. The molecule has 0 saturated carbocycles. The molecule has 0 aliphatic carbocycles. The Morgan fingerprint density at radius 3 is 1.30 bits per heavy atom. The van der Waals surface area contributed by atoms with E-state index >= 15 is 0 Å². The summed E-state index contributed by atoms with van der Waals surface area (Å²) >= 11 is 9.54. The molecule has 2 aromatic rings. The Balaban J connectivity index is -0.0000000522. The van der Waals surface area contributed by atoms with E-state index in [-0.39, 0.29) is 109 Å². The van der Waals surface area contributed by atoms with Gasteiger partial charge in [0, 0.05) is 103 Å². The first kappa shape index (κ1) is 70.3. The van der Waals surface area contributed by atoms with Crippen molar-refractivity contribution in [2.75, 3.05) is 6.54 Å². The van der Waals surface area contributed by atoms with Crippen LogP contribution < -0.4 is 41.7 Å². The maximum Gasteiger partial charge on any atom is 0.335 e. The van der Waals surface area contributed by atoms with Crippen LogP contribution in [0.25, 0.3) is 0 Å². The maximum atomic E-state index is 10.2. The van der Waals surface area contributed by atoms with Gasteiger partial charge in [0.25, 0.3) is 0 Å². The van der Waals surface area contributed by atoms with Crippen molar-refractivity contribution >= 4 is 122 Å². The molecule has 0 fully saturated rings. The van der Waals surface area contributed by atoms with Gasteiger partial charge in [0.2, 0.25) is 0 Å². The van der Waals surface area contributed by atoms with Gasteiger partial charge in [0.15, 0.2) is 0 Å². The summed E-state index contributed by atoms with van der Waals surface area (Å²) < 4.78 is 0. The Bertz CT molecular complexity index is 862. The van der Waals surface area contributed by atoms with Crippen LogP contribution in [0.15, 0.2) is 60.7 Å². The zero-order valence-electron chi connectivity index (χ0n) is 25.6. The second-order valence-corrected chi connectivity index (χ2v) is 23.7. The molecule has 2 aromatic carbocycles. The zero-order valence-corrected chi connectivity index (χ0v) is 44.4. The molecule has 0 saturated heterocycles. The van der Waals surface area contributed by atoms with Crippen LogP contribution in [0.2, 0.25) is 0 Å². The predicted molar refractivity (Wildman–Crippen MR) is 215 cm³/mol. The maximum absolute atomic E-state index is 10.2. The smallest absolute Gasteiger partial charge is 0.335 e. The Hall–Kier alpha value is 2.75. The van der Waals surface area contributed by atoms with Gasteiger partial charge in [-0.1, -0.05) is 68.3 Å². The number of carbonyl (C=O) groups is 4. The molecule has 12 nitrogen and oxygen atoms in total. The molecule has 2 atom stereocenters. The SMILES string of the molecule is CCCC[C@H](N)C(=O)O.I.II.I[I-]I.N.N[C@@H](CCC[NH3+])C(=O)O.O=C(O)c1ccccc1.O=C([O-])c1ccccc1.[CH3-].[Y].[Y]. The summed E-state index contributed by atoms with van der Waals surface area (Å²) in [6, 6.07) is 15.0. The third-order valence-corrected chi connectivity index (χ3v) is 4.30. The molecule has 0 spiro atoms. The van der Waals surface area contributed by atoms with Gasteiger partial charge >= 0.3 is 68.4 Å². The van der Waals surface area contributed by atoms with Crippen LogP contribution >= 0.6 is 98.4 Å². The van der Waals surface area contributed by atoms with E-state index in [1.54, 1.807) is 48.5 Å². The molecule has 0 aromatic heterocycles. The fourth-order valence-electron chi connectivity index (χ4n) is 2.19. The Labute approximate surface area is 393 Å². The first-order valence-electron chi connectivity index (χ1n) is 11.7. The number of rotatable bonds is 10. The van der Waals surface area contributed by atoms with Gasteiger partial charge in [-0.05, 0) is 37.0 Å². The van der Waals surface area contributed by atoms with E-state index in [0.29, 0.717) is 31.7 Å². The van der Waals surface area contributed by atoms with Crippen molar-refractivity contribution in [3.05, 3.63) is 79.2 Å². The van der Waals surface area contributed by atoms with E-state index in [1.165, 1.54) is 12.1 Å². The number of carbonyl (C=O) groups excluding carboxylic acids is 1. The van der Waals surface area contributed by atoms with Crippen LogP contribution in [0.5, 0.6) is 0 Å². The number of carboxylic acid groups (broad SMARTS) is 4. The van der Waals surface area contributed by atoms with E-state index in [0.717, 1.165) is 25.8 Å². The monoisotopic (exact) mass is 1480 g/mol. The van der Waals surface area contributed by atoms with E-state index in [9.17, 15) is 24.3 Å². The van der Waals surface area contributed by atoms with Crippen molar-refractivity contribution in [2.24, 2.45) is 11.5 Å². The number of hydrogen-bond acceptors (Lipinski definition) is 8. The molecular weight excluding hydrogens is 1440 g/mol. The number of hydrogen-bond donors (Lipinski definition) is 7. The largest absolute Gasteiger partial charge is 0.545 e. The Morgan fingerprint density at radius 1 is 0.804 bits per heavy atom. The number of aliphatic carboxylic acids is 2. The number of quaternary nitrogens is 1. The second kappa shape index (κ2) is 54.5. The van der Waals surface area contributed by atoms with Crippen LogP contribution in [-0.2, 0) is 75.0 Å². The molecule has 46 heavy (non-hydrogen) atoms. The van der Waals surface area contributed by atoms with Crippen LogP contribution in [0.1, 0.15) is 59.7 Å². The van der Waals surface area contributed by atoms with Crippen LogP contribution in [-0.4, -0.2) is 57.8 Å². The summed E-state index contributed by atoms with van der Waals surface area (Å²) in [6.45, 7) is 2.76. The molecule has 2 radical (unpaired) electrons. The van der Waals surface area contributed by atoms with Gasteiger partial charge in [0.1, 0.15) is 12.1 Å².